The van der Waals surface area contributed by atoms with Crippen molar-refractivity contribution in [2.75, 3.05) is 26.2 Å². The maximum Gasteiger partial charge on any atom is 0.229 e. The second-order valence-corrected chi connectivity index (χ2v) is 12.5. The first-order chi connectivity index (χ1) is 17.9. The number of hydrogen-bond donors (Lipinski definition) is 1. The maximum atomic E-state index is 13.4. The minimum Gasteiger partial charge on any atom is -0.349 e. The van der Waals surface area contributed by atoms with Crippen LogP contribution >= 0.6 is 39.9 Å². The van der Waals surface area contributed by atoms with Crippen LogP contribution in [0.15, 0.2) is 53.0 Å². The summed E-state index contributed by atoms with van der Waals surface area (Å²) < 4.78 is 1.06. The molecule has 3 aliphatic rings. The lowest BCUT2D eigenvalue weighted by Gasteiger charge is -2.38. The highest BCUT2D eigenvalue weighted by molar-refractivity contribution is 9.10. The van der Waals surface area contributed by atoms with Crippen molar-refractivity contribution in [1.29, 1.82) is 0 Å². The monoisotopic (exact) mass is 621 g/mol. The Morgan fingerprint density at radius 1 is 1.05 bits per heavy atom. The zero-order chi connectivity index (χ0) is 25.8. The smallest absolute Gasteiger partial charge is 0.229 e. The van der Waals surface area contributed by atoms with Crippen molar-refractivity contribution in [2.24, 2.45) is 11.3 Å². The minimum atomic E-state index is -0.199. The Hall–Kier alpha value is -1.60. The van der Waals surface area contributed by atoms with Crippen molar-refractivity contribution in [3.63, 3.8) is 0 Å². The first kappa shape index (κ1) is 29.4. The lowest BCUT2D eigenvalue weighted by Crippen LogP contribution is -2.45. The fraction of sp³-hybridized carbons (Fsp3) is 0.533. The molecule has 5 nitrogen and oxygen atoms in total. The molecule has 38 heavy (non-hydrogen) atoms. The SMILES string of the molecule is Cl.O=C(NC(CCN1CCC2(CC1)CCN(Cc1ccc(Br)cc1)C2=O)c1cccc(Cl)c1)C1CCCC1. The molecule has 5 rings (SSSR count). The highest BCUT2D eigenvalue weighted by Gasteiger charge is 2.47. The summed E-state index contributed by atoms with van der Waals surface area (Å²) in [7, 11) is 0. The molecule has 1 atom stereocenters. The molecule has 0 bridgehead atoms. The molecule has 0 radical (unpaired) electrons. The molecule has 1 aliphatic carbocycles. The lowest BCUT2D eigenvalue weighted by atomic mass is 9.77. The minimum absolute atomic E-state index is 0. The van der Waals surface area contributed by atoms with Gasteiger partial charge in [0.05, 0.1) is 11.5 Å². The topological polar surface area (TPSA) is 52.7 Å². The van der Waals surface area contributed by atoms with Crippen molar-refractivity contribution in [3.8, 4) is 0 Å². The summed E-state index contributed by atoms with van der Waals surface area (Å²) in [6.45, 7) is 4.29. The molecular formula is C30H38BrCl2N3O2. The summed E-state index contributed by atoms with van der Waals surface area (Å²) in [6, 6.07) is 16.1. The summed E-state index contributed by atoms with van der Waals surface area (Å²) >= 11 is 9.78. The van der Waals surface area contributed by atoms with E-state index in [1.54, 1.807) is 0 Å². The van der Waals surface area contributed by atoms with Gasteiger partial charge in [-0.2, -0.15) is 0 Å². The molecule has 2 aromatic carbocycles. The van der Waals surface area contributed by atoms with Gasteiger partial charge in [-0.15, -0.1) is 12.4 Å². The second-order valence-electron chi connectivity index (χ2n) is 11.1. The zero-order valence-corrected chi connectivity index (χ0v) is 25.0. The van der Waals surface area contributed by atoms with Gasteiger partial charge in [-0.3, -0.25) is 9.59 Å². The van der Waals surface area contributed by atoms with Crippen LogP contribution in [0.5, 0.6) is 0 Å². The van der Waals surface area contributed by atoms with Gasteiger partial charge >= 0.3 is 0 Å². The van der Waals surface area contributed by atoms with Crippen molar-refractivity contribution >= 4 is 51.8 Å². The van der Waals surface area contributed by atoms with E-state index in [-0.39, 0.29) is 35.7 Å². The molecular weight excluding hydrogens is 585 g/mol. The van der Waals surface area contributed by atoms with Crippen LogP contribution in [0.3, 0.4) is 0 Å². The largest absolute Gasteiger partial charge is 0.349 e. The van der Waals surface area contributed by atoms with Gasteiger partial charge in [-0.1, -0.05) is 64.6 Å². The van der Waals surface area contributed by atoms with Gasteiger partial charge in [0.2, 0.25) is 11.8 Å². The number of halogens is 3. The fourth-order valence-corrected chi connectivity index (χ4v) is 6.82. The van der Waals surface area contributed by atoms with E-state index >= 15 is 0 Å². The number of carbonyl (C=O) groups excluding carboxylic acids is 2. The van der Waals surface area contributed by atoms with E-state index < -0.39 is 0 Å². The zero-order valence-electron chi connectivity index (χ0n) is 21.8. The first-order valence-electron chi connectivity index (χ1n) is 13.7. The third-order valence-electron chi connectivity index (χ3n) is 8.73. The van der Waals surface area contributed by atoms with Crippen LogP contribution in [0.1, 0.15) is 68.5 Å². The van der Waals surface area contributed by atoms with Gasteiger partial charge in [0.15, 0.2) is 0 Å². The Bertz CT molecular complexity index is 1100. The van der Waals surface area contributed by atoms with Crippen LogP contribution in [0.4, 0.5) is 0 Å². The number of carbonyl (C=O) groups is 2. The van der Waals surface area contributed by atoms with E-state index in [2.05, 4.69) is 44.3 Å². The Labute approximate surface area is 246 Å². The molecule has 2 aliphatic heterocycles. The van der Waals surface area contributed by atoms with E-state index in [1.807, 2.05) is 35.2 Å². The standard InChI is InChI=1S/C30H37BrClN3O2.ClH/c31-25-10-8-22(9-11-25)21-35-19-15-30(29(35)37)13-17-34(18-14-30)16-12-27(24-6-3-7-26(32)20-24)33-28(36)23-4-1-2-5-23;/h3,6-11,20,23,27H,1-2,4-5,12-19,21H2,(H,33,36);1H. The number of nitrogens with one attached hydrogen (secondary N) is 1. The molecule has 2 heterocycles. The Kier molecular flexibility index (Phi) is 10.2. The lowest BCUT2D eigenvalue weighted by molar-refractivity contribution is -0.139. The Balaban J connectivity index is 0.00000336. The number of benzene rings is 2. The predicted molar refractivity (Wildman–Crippen MR) is 158 cm³/mol. The van der Waals surface area contributed by atoms with Crippen molar-refractivity contribution in [1.82, 2.24) is 15.1 Å². The van der Waals surface area contributed by atoms with Crippen molar-refractivity contribution in [3.05, 3.63) is 69.2 Å². The summed E-state index contributed by atoms with van der Waals surface area (Å²) in [5.41, 5.74) is 2.05. The van der Waals surface area contributed by atoms with Crippen LogP contribution in [0.25, 0.3) is 0 Å². The summed E-state index contributed by atoms with van der Waals surface area (Å²) in [6.07, 6.45) is 7.92. The number of piperidine rings is 1. The van der Waals surface area contributed by atoms with Gasteiger partial charge in [-0.05, 0) is 87.0 Å². The quantitative estimate of drug-likeness (QED) is 0.353. The highest BCUT2D eigenvalue weighted by atomic mass is 79.9. The number of rotatable bonds is 8. The van der Waals surface area contributed by atoms with Gasteiger partial charge in [0, 0.05) is 35.0 Å². The molecule has 8 heteroatoms. The van der Waals surface area contributed by atoms with Crippen molar-refractivity contribution in [2.45, 2.75) is 64.0 Å². The molecule has 1 spiro atoms. The third kappa shape index (κ3) is 6.93. The van der Waals surface area contributed by atoms with E-state index in [4.69, 9.17) is 11.6 Å². The maximum absolute atomic E-state index is 13.4. The van der Waals surface area contributed by atoms with E-state index in [0.717, 1.165) is 87.6 Å². The van der Waals surface area contributed by atoms with E-state index in [9.17, 15) is 9.59 Å². The van der Waals surface area contributed by atoms with Crippen LogP contribution in [-0.4, -0.2) is 47.8 Å². The normalized spacial score (nSPS) is 20.5. The van der Waals surface area contributed by atoms with E-state index in [1.165, 1.54) is 5.56 Å². The molecule has 2 amide bonds. The summed E-state index contributed by atoms with van der Waals surface area (Å²) in [5, 5.41) is 4.04. The summed E-state index contributed by atoms with van der Waals surface area (Å²) in [5.74, 6) is 0.656. The van der Waals surface area contributed by atoms with Crippen LogP contribution in [0.2, 0.25) is 5.02 Å². The molecule has 2 saturated heterocycles. The molecule has 1 unspecified atom stereocenters. The molecule has 0 aromatic heterocycles. The molecule has 1 N–H and O–H groups in total. The van der Waals surface area contributed by atoms with Gasteiger partial charge < -0.3 is 15.1 Å². The number of hydrogen-bond acceptors (Lipinski definition) is 3. The van der Waals surface area contributed by atoms with Crippen LogP contribution in [-0.2, 0) is 16.1 Å². The highest BCUT2D eigenvalue weighted by Crippen LogP contribution is 2.42. The number of likely N-dealkylation sites (tertiary alicyclic amines) is 2. The number of amides is 2. The number of nitrogens with zero attached hydrogens (tertiary/aromatic N) is 2. The molecule has 206 valence electrons. The van der Waals surface area contributed by atoms with Crippen molar-refractivity contribution < 1.29 is 9.59 Å². The van der Waals surface area contributed by atoms with E-state index in [0.29, 0.717) is 17.5 Å². The summed E-state index contributed by atoms with van der Waals surface area (Å²) in [4.78, 5) is 30.9. The van der Waals surface area contributed by atoms with Gasteiger partial charge in [-0.25, -0.2) is 0 Å². The first-order valence-corrected chi connectivity index (χ1v) is 14.9. The second kappa shape index (κ2) is 13.2. The third-order valence-corrected chi connectivity index (χ3v) is 9.49. The van der Waals surface area contributed by atoms with Gasteiger partial charge in [0.1, 0.15) is 0 Å². The molecule has 2 aromatic rings. The predicted octanol–water partition coefficient (Wildman–Crippen LogP) is 6.78. The average molecular weight is 623 g/mol. The van der Waals surface area contributed by atoms with Crippen LogP contribution in [0, 0.1) is 11.3 Å². The molecule has 3 fully saturated rings. The Morgan fingerprint density at radius 3 is 2.42 bits per heavy atom. The van der Waals surface area contributed by atoms with Crippen LogP contribution < -0.4 is 5.32 Å². The average Bonchev–Trinajstić information content (AvgIpc) is 3.54. The Morgan fingerprint density at radius 2 is 1.74 bits per heavy atom. The molecule has 1 saturated carbocycles. The fourth-order valence-electron chi connectivity index (χ4n) is 6.36. The van der Waals surface area contributed by atoms with Gasteiger partial charge in [0.25, 0.3) is 0 Å².